The number of hydrogen-bond donors (Lipinski definition) is 0. The van der Waals surface area contributed by atoms with Crippen molar-refractivity contribution >= 4 is 16.4 Å². The van der Waals surface area contributed by atoms with Crippen molar-refractivity contribution in [2.45, 2.75) is 20.8 Å². The summed E-state index contributed by atoms with van der Waals surface area (Å²) in [5.41, 5.74) is 0. The zero-order valence-corrected chi connectivity index (χ0v) is 20.9. The van der Waals surface area contributed by atoms with E-state index in [1.54, 1.807) is 0 Å². The van der Waals surface area contributed by atoms with Crippen LogP contribution in [0.4, 0.5) is 0 Å². The molecule has 0 unspecified atom stereocenters. The highest BCUT2D eigenvalue weighted by molar-refractivity contribution is 7.79. The third-order valence-corrected chi connectivity index (χ3v) is 3.01. The Kier molecular flexibility index (Phi) is 24.2. The Morgan fingerprint density at radius 3 is 0.821 bits per heavy atom. The Bertz CT molecular complexity index is 432. The normalized spacial score (nSPS) is 10.9. The van der Waals surface area contributed by atoms with Gasteiger partial charge in [0.25, 0.3) is 0 Å². The second kappa shape index (κ2) is 18.0. The van der Waals surface area contributed by atoms with Crippen molar-refractivity contribution in [3.63, 3.8) is 0 Å². The van der Waals surface area contributed by atoms with Gasteiger partial charge >= 0.3 is 0 Å². The molecular formula is C18H45N3O6S. The molecule has 0 bridgehead atoms. The van der Waals surface area contributed by atoms with E-state index in [4.69, 9.17) is 27.4 Å². The van der Waals surface area contributed by atoms with Gasteiger partial charge < -0.3 is 32.5 Å². The maximum Gasteiger partial charge on any atom is 0.0751 e. The lowest BCUT2D eigenvalue weighted by molar-refractivity contribution is -0.868. The summed E-state index contributed by atoms with van der Waals surface area (Å²) in [5.74, 6) is -1.23. The Balaban J connectivity index is -0.0000000789. The molecule has 0 aliphatic heterocycles. The molecule has 0 amide bonds. The summed E-state index contributed by atoms with van der Waals surface area (Å²) in [5, 5.41) is 9.14. The summed E-state index contributed by atoms with van der Waals surface area (Å²) in [6.07, 6.45) is 0.722. The smallest absolute Gasteiger partial charge is 0.0751 e. The fourth-order valence-corrected chi connectivity index (χ4v) is 0. The van der Waals surface area contributed by atoms with Crippen molar-refractivity contribution in [1.82, 2.24) is 0 Å². The van der Waals surface area contributed by atoms with Crippen LogP contribution in [0.3, 0.4) is 0 Å². The summed E-state index contributed by atoms with van der Waals surface area (Å²) in [4.78, 5) is 9.14. The van der Waals surface area contributed by atoms with E-state index in [-0.39, 0.29) is 0 Å². The van der Waals surface area contributed by atoms with Gasteiger partial charge in [-0.1, -0.05) is 6.58 Å². The van der Waals surface area contributed by atoms with Gasteiger partial charge in [0.1, 0.15) is 0 Å². The number of hydrogen-bond acceptors (Lipinski definition) is 6. The zero-order valence-electron chi connectivity index (χ0n) is 20.1. The SMILES string of the molecule is C=CC(=O)[O-].CC[N+](C)(C)C.CC[N+](C)(C)C.CC[N+](C)(C)C.O=S(=O)([O-])[O-]. The number of carbonyl (C=O) groups excluding carboxylic acids is 1. The van der Waals surface area contributed by atoms with Crippen LogP contribution in [0.15, 0.2) is 12.7 Å². The van der Waals surface area contributed by atoms with E-state index in [9.17, 15) is 0 Å². The fraction of sp³-hybridized carbons (Fsp3) is 0.833. The predicted octanol–water partition coefficient (Wildman–Crippen LogP) is -0.278. The van der Waals surface area contributed by atoms with E-state index in [2.05, 4.69) is 90.8 Å². The lowest BCUT2D eigenvalue weighted by Crippen LogP contribution is -2.33. The van der Waals surface area contributed by atoms with E-state index in [0.29, 0.717) is 0 Å². The molecule has 0 saturated heterocycles. The molecule has 0 aliphatic carbocycles. The molecule has 0 N–H and O–H groups in total. The van der Waals surface area contributed by atoms with Gasteiger partial charge in [-0.3, -0.25) is 8.42 Å². The molecule has 0 aromatic rings. The lowest BCUT2D eigenvalue weighted by Gasteiger charge is -2.20. The lowest BCUT2D eigenvalue weighted by atomic mass is 10.6. The molecule has 174 valence electrons. The number of carboxylic acids is 1. The van der Waals surface area contributed by atoms with Crippen LogP contribution >= 0.6 is 0 Å². The molecule has 0 saturated carbocycles. The second-order valence-electron chi connectivity index (χ2n) is 8.75. The summed E-state index contributed by atoms with van der Waals surface area (Å²) < 4.78 is 37.3. The highest BCUT2D eigenvalue weighted by Gasteiger charge is 1.98. The van der Waals surface area contributed by atoms with Crippen LogP contribution < -0.4 is 5.11 Å². The van der Waals surface area contributed by atoms with Crippen LogP contribution in [0, 0.1) is 0 Å². The number of carboxylic acid groups (broad SMARTS) is 1. The monoisotopic (exact) mass is 431 g/mol. The van der Waals surface area contributed by atoms with Gasteiger partial charge in [-0.15, -0.1) is 0 Å². The fourth-order valence-electron chi connectivity index (χ4n) is 0. The molecule has 0 aromatic heterocycles. The Morgan fingerprint density at radius 1 is 0.750 bits per heavy atom. The van der Waals surface area contributed by atoms with Crippen molar-refractivity contribution in [3.8, 4) is 0 Å². The van der Waals surface area contributed by atoms with Crippen molar-refractivity contribution in [3.05, 3.63) is 12.7 Å². The maximum absolute atomic E-state index is 9.14. The van der Waals surface area contributed by atoms with Gasteiger partial charge in [0.15, 0.2) is 0 Å². The molecule has 0 rings (SSSR count). The highest BCUT2D eigenvalue weighted by atomic mass is 32.3. The summed E-state index contributed by atoms with van der Waals surface area (Å²) in [6.45, 7) is 13.1. The molecule has 0 radical (unpaired) electrons. The van der Waals surface area contributed by atoms with Crippen molar-refractivity contribution in [2.24, 2.45) is 0 Å². The summed E-state index contributed by atoms with van der Waals surface area (Å²) in [7, 11) is 14.5. The minimum absolute atomic E-state index is 0.722. The molecule has 10 heteroatoms. The second-order valence-corrected chi connectivity index (χ2v) is 9.57. The molecule has 28 heavy (non-hydrogen) atoms. The van der Waals surface area contributed by atoms with Crippen LogP contribution in [-0.4, -0.2) is 120 Å². The minimum Gasteiger partial charge on any atom is -0.759 e. The topological polar surface area (TPSA) is 120 Å². The van der Waals surface area contributed by atoms with Crippen LogP contribution in [0.25, 0.3) is 0 Å². The first-order chi connectivity index (χ1) is 12.0. The van der Waals surface area contributed by atoms with Crippen LogP contribution in [0.1, 0.15) is 20.8 Å². The first kappa shape index (κ1) is 37.7. The molecule has 0 atom stereocenters. The standard InChI is InChI=1S/3C5H14N.C3H4O2.H2O4S/c3*1-5-6(2,3)4;1-2-3(4)5;1-5(2,3)4/h3*5H2,1-4H3;2H,1H2,(H,4,5);(H2,1,2,3,4)/q3*+1;;/p-3. The first-order valence-electron chi connectivity index (χ1n) is 8.87. The van der Waals surface area contributed by atoms with Gasteiger partial charge in [-0.25, -0.2) is 0 Å². The van der Waals surface area contributed by atoms with E-state index in [0.717, 1.165) is 19.5 Å². The van der Waals surface area contributed by atoms with Gasteiger partial charge in [0.05, 0.1) is 89.0 Å². The summed E-state index contributed by atoms with van der Waals surface area (Å²) >= 11 is 0. The maximum atomic E-state index is 9.14. The zero-order chi connectivity index (χ0) is 24.4. The molecule has 0 aliphatic rings. The third kappa shape index (κ3) is 144. The molecule has 0 aromatic carbocycles. The van der Waals surface area contributed by atoms with E-state index < -0.39 is 16.4 Å². The van der Waals surface area contributed by atoms with Crippen molar-refractivity contribution in [2.75, 3.05) is 83.1 Å². The summed E-state index contributed by atoms with van der Waals surface area (Å²) in [6, 6.07) is 0. The van der Waals surface area contributed by atoms with Crippen molar-refractivity contribution < 1.29 is 40.9 Å². The Morgan fingerprint density at radius 2 is 0.821 bits per heavy atom. The van der Waals surface area contributed by atoms with Gasteiger partial charge in [-0.05, 0) is 26.8 Å². The average molecular weight is 432 g/mol. The molecule has 0 fully saturated rings. The number of quaternary nitrogens is 3. The molecule has 0 spiro atoms. The van der Waals surface area contributed by atoms with E-state index >= 15 is 0 Å². The van der Waals surface area contributed by atoms with Crippen LogP contribution in [-0.2, 0) is 15.2 Å². The molecule has 9 nitrogen and oxygen atoms in total. The largest absolute Gasteiger partial charge is 0.759 e. The number of carbonyl (C=O) groups is 1. The van der Waals surface area contributed by atoms with Crippen LogP contribution in [0.2, 0.25) is 0 Å². The van der Waals surface area contributed by atoms with E-state index in [1.807, 2.05) is 0 Å². The highest BCUT2D eigenvalue weighted by Crippen LogP contribution is 1.84. The first-order valence-corrected chi connectivity index (χ1v) is 10.2. The quantitative estimate of drug-likeness (QED) is 0.261. The average Bonchev–Trinajstić information content (AvgIpc) is 2.45. The van der Waals surface area contributed by atoms with Gasteiger partial charge in [-0.2, -0.15) is 0 Å². The van der Waals surface area contributed by atoms with Crippen molar-refractivity contribution in [1.29, 1.82) is 0 Å². The molecule has 0 heterocycles. The van der Waals surface area contributed by atoms with Crippen LogP contribution in [0.5, 0.6) is 0 Å². The third-order valence-electron chi connectivity index (χ3n) is 3.01. The number of nitrogens with zero attached hydrogens (tertiary/aromatic N) is 3. The Hall–Kier alpha value is -1.04. The Labute approximate surface area is 174 Å². The minimum atomic E-state index is -5.17. The van der Waals surface area contributed by atoms with Gasteiger partial charge in [0, 0.05) is 10.4 Å². The number of rotatable bonds is 4. The number of aliphatic carboxylic acids is 1. The molecular weight excluding hydrogens is 386 g/mol. The predicted molar refractivity (Wildman–Crippen MR) is 111 cm³/mol. The van der Waals surface area contributed by atoms with Gasteiger partial charge in [0.2, 0.25) is 0 Å². The van der Waals surface area contributed by atoms with E-state index in [1.165, 1.54) is 19.6 Å².